The number of aryl methyl sites for hydroxylation is 1. The first-order valence-corrected chi connectivity index (χ1v) is 8.18. The summed E-state index contributed by atoms with van der Waals surface area (Å²) in [5.41, 5.74) is 1.69. The lowest BCUT2D eigenvalue weighted by molar-refractivity contribution is 0.0950. The average molecular weight is 287 g/mol. The van der Waals surface area contributed by atoms with Crippen molar-refractivity contribution in [1.29, 1.82) is 0 Å². The molecule has 1 saturated carbocycles. The van der Waals surface area contributed by atoms with Crippen molar-refractivity contribution in [2.45, 2.75) is 46.1 Å². The van der Waals surface area contributed by atoms with E-state index in [-0.39, 0.29) is 5.91 Å². The minimum atomic E-state index is 0.0218. The molecule has 0 saturated heterocycles. The molecule has 1 N–H and O–H groups in total. The van der Waals surface area contributed by atoms with Crippen LogP contribution in [0.2, 0.25) is 0 Å². The molecule has 0 radical (unpaired) electrons. The quantitative estimate of drug-likeness (QED) is 0.818. The molecule has 4 nitrogen and oxygen atoms in total. The summed E-state index contributed by atoms with van der Waals surface area (Å²) in [6.07, 6.45) is 11.2. The summed E-state index contributed by atoms with van der Waals surface area (Å²) in [7, 11) is 0. The number of allylic oxidation sites excluding steroid dienone is 2. The second-order valence-electron chi connectivity index (χ2n) is 6.45. The third-order valence-corrected chi connectivity index (χ3v) is 5.00. The molecule has 3 unspecified atom stereocenters. The molecule has 1 aromatic rings. The average Bonchev–Trinajstić information content (AvgIpc) is 3.16. The summed E-state index contributed by atoms with van der Waals surface area (Å²) in [6.45, 7) is 5.73. The van der Waals surface area contributed by atoms with Crippen molar-refractivity contribution in [3.8, 4) is 0 Å². The summed E-state index contributed by atoms with van der Waals surface area (Å²) in [5, 5.41) is 7.36. The van der Waals surface area contributed by atoms with E-state index < -0.39 is 0 Å². The number of hydrogen-bond acceptors (Lipinski definition) is 2. The van der Waals surface area contributed by atoms with E-state index in [0.717, 1.165) is 54.9 Å². The van der Waals surface area contributed by atoms with Gasteiger partial charge < -0.3 is 5.32 Å². The van der Waals surface area contributed by atoms with Crippen LogP contribution in [0.3, 0.4) is 0 Å². The highest BCUT2D eigenvalue weighted by atomic mass is 16.1. The summed E-state index contributed by atoms with van der Waals surface area (Å²) < 4.78 is 1.91. The maximum absolute atomic E-state index is 12.2. The first kappa shape index (κ1) is 14.4. The van der Waals surface area contributed by atoms with Gasteiger partial charge in [0.25, 0.3) is 5.91 Å². The topological polar surface area (TPSA) is 46.9 Å². The molecule has 3 atom stereocenters. The molecule has 2 bridgehead atoms. The van der Waals surface area contributed by atoms with Gasteiger partial charge in [0.05, 0.1) is 11.8 Å². The molecule has 0 aromatic carbocycles. The number of amides is 1. The van der Waals surface area contributed by atoms with E-state index in [9.17, 15) is 4.79 Å². The molecular formula is C17H25N3O. The van der Waals surface area contributed by atoms with Crippen molar-refractivity contribution in [2.24, 2.45) is 17.8 Å². The van der Waals surface area contributed by atoms with Gasteiger partial charge in [-0.3, -0.25) is 9.48 Å². The molecule has 1 fully saturated rings. The molecule has 0 spiro atoms. The maximum atomic E-state index is 12.2. The highest BCUT2D eigenvalue weighted by Gasteiger charge is 2.34. The lowest BCUT2D eigenvalue weighted by atomic mass is 9.90. The zero-order valence-corrected chi connectivity index (χ0v) is 13.0. The Morgan fingerprint density at radius 1 is 1.43 bits per heavy atom. The van der Waals surface area contributed by atoms with Gasteiger partial charge in [-0.05, 0) is 50.4 Å². The minimum Gasteiger partial charge on any atom is -0.352 e. The number of fused-ring (bicyclic) bond motifs is 2. The molecule has 1 heterocycles. The van der Waals surface area contributed by atoms with Crippen LogP contribution >= 0.6 is 0 Å². The predicted molar refractivity (Wildman–Crippen MR) is 83.0 cm³/mol. The molecular weight excluding hydrogens is 262 g/mol. The largest absolute Gasteiger partial charge is 0.352 e. The summed E-state index contributed by atoms with van der Waals surface area (Å²) in [6, 6.07) is 0. The zero-order valence-electron chi connectivity index (χ0n) is 13.0. The van der Waals surface area contributed by atoms with E-state index in [4.69, 9.17) is 0 Å². The van der Waals surface area contributed by atoms with Crippen molar-refractivity contribution in [1.82, 2.24) is 15.1 Å². The lowest BCUT2D eigenvalue weighted by Gasteiger charge is -2.17. The van der Waals surface area contributed by atoms with Crippen LogP contribution in [0.1, 0.15) is 48.7 Å². The fourth-order valence-corrected chi connectivity index (χ4v) is 3.80. The maximum Gasteiger partial charge on any atom is 0.254 e. The summed E-state index contributed by atoms with van der Waals surface area (Å²) in [5.74, 6) is 2.36. The number of hydrogen-bond donors (Lipinski definition) is 1. The number of carbonyl (C=O) groups excluding carboxylic acids is 1. The first-order valence-electron chi connectivity index (χ1n) is 8.18. The van der Waals surface area contributed by atoms with Crippen molar-refractivity contribution in [3.63, 3.8) is 0 Å². The van der Waals surface area contributed by atoms with Gasteiger partial charge in [0.2, 0.25) is 0 Å². The van der Waals surface area contributed by atoms with E-state index in [1.165, 1.54) is 12.8 Å². The van der Waals surface area contributed by atoms with Crippen molar-refractivity contribution < 1.29 is 4.79 Å². The Labute approximate surface area is 126 Å². The Morgan fingerprint density at radius 3 is 2.95 bits per heavy atom. The summed E-state index contributed by atoms with van der Waals surface area (Å²) >= 11 is 0. The van der Waals surface area contributed by atoms with Crippen LogP contribution in [0, 0.1) is 24.7 Å². The van der Waals surface area contributed by atoms with Crippen molar-refractivity contribution in [3.05, 3.63) is 29.6 Å². The Kier molecular flexibility index (Phi) is 4.13. The normalized spacial score (nSPS) is 26.5. The Morgan fingerprint density at radius 2 is 2.29 bits per heavy atom. The van der Waals surface area contributed by atoms with E-state index in [0.29, 0.717) is 0 Å². The molecule has 21 heavy (non-hydrogen) atoms. The lowest BCUT2D eigenvalue weighted by Crippen LogP contribution is -2.27. The van der Waals surface area contributed by atoms with Gasteiger partial charge in [-0.15, -0.1) is 0 Å². The predicted octanol–water partition coefficient (Wildman–Crippen LogP) is 2.93. The number of rotatable bonds is 6. The van der Waals surface area contributed by atoms with Gasteiger partial charge in [-0.1, -0.05) is 19.1 Å². The van der Waals surface area contributed by atoms with Crippen LogP contribution in [0.4, 0.5) is 0 Å². The van der Waals surface area contributed by atoms with Gasteiger partial charge >= 0.3 is 0 Å². The molecule has 4 heteroatoms. The van der Waals surface area contributed by atoms with E-state index in [1.807, 2.05) is 11.6 Å². The Hall–Kier alpha value is -1.58. The van der Waals surface area contributed by atoms with Gasteiger partial charge in [0.15, 0.2) is 0 Å². The van der Waals surface area contributed by atoms with Gasteiger partial charge in [0, 0.05) is 18.8 Å². The monoisotopic (exact) mass is 287 g/mol. The van der Waals surface area contributed by atoms with E-state index in [1.54, 1.807) is 6.20 Å². The molecule has 114 valence electrons. The van der Waals surface area contributed by atoms with Crippen LogP contribution in [-0.4, -0.2) is 22.2 Å². The Bertz CT molecular complexity index is 546. The first-order chi connectivity index (χ1) is 10.2. The number of nitrogens with one attached hydrogen (secondary N) is 1. The minimum absolute atomic E-state index is 0.0218. The molecule has 1 amide bonds. The van der Waals surface area contributed by atoms with Gasteiger partial charge in [-0.2, -0.15) is 5.10 Å². The highest BCUT2D eigenvalue weighted by molar-refractivity contribution is 5.94. The molecule has 2 aliphatic rings. The smallest absolute Gasteiger partial charge is 0.254 e. The SMILES string of the molecule is CCCn1ncc(C(=O)NCCC2CC3C=CC2C3)c1C. The fraction of sp³-hybridized carbons (Fsp3) is 0.647. The van der Waals surface area contributed by atoms with Crippen LogP contribution in [0.25, 0.3) is 0 Å². The van der Waals surface area contributed by atoms with Gasteiger partial charge in [0.1, 0.15) is 0 Å². The third-order valence-electron chi connectivity index (χ3n) is 5.00. The molecule has 2 aliphatic carbocycles. The number of nitrogens with zero attached hydrogens (tertiary/aromatic N) is 2. The van der Waals surface area contributed by atoms with Crippen molar-refractivity contribution >= 4 is 5.91 Å². The third kappa shape index (κ3) is 2.89. The summed E-state index contributed by atoms with van der Waals surface area (Å²) in [4.78, 5) is 12.2. The molecule has 3 rings (SSSR count). The number of carbonyl (C=O) groups is 1. The van der Waals surface area contributed by atoms with Crippen LogP contribution in [0.5, 0.6) is 0 Å². The Balaban J connectivity index is 1.49. The standard InChI is InChI=1S/C17H25N3O/c1-3-8-20-12(2)16(11-19-20)17(21)18-7-6-15-10-13-4-5-14(15)9-13/h4-5,11,13-15H,3,6-10H2,1-2H3,(H,18,21). The van der Waals surface area contributed by atoms with Crippen LogP contribution in [0.15, 0.2) is 18.3 Å². The van der Waals surface area contributed by atoms with Crippen LogP contribution in [-0.2, 0) is 6.54 Å². The fourth-order valence-electron chi connectivity index (χ4n) is 3.80. The van der Waals surface area contributed by atoms with Crippen LogP contribution < -0.4 is 5.32 Å². The number of aromatic nitrogens is 2. The van der Waals surface area contributed by atoms with Crippen molar-refractivity contribution in [2.75, 3.05) is 6.54 Å². The van der Waals surface area contributed by atoms with E-state index in [2.05, 4.69) is 29.5 Å². The highest BCUT2D eigenvalue weighted by Crippen LogP contribution is 2.44. The van der Waals surface area contributed by atoms with Gasteiger partial charge in [-0.25, -0.2) is 0 Å². The second-order valence-corrected chi connectivity index (χ2v) is 6.45. The zero-order chi connectivity index (χ0) is 14.8. The second kappa shape index (κ2) is 6.04. The molecule has 0 aliphatic heterocycles. The molecule has 1 aromatic heterocycles. The van der Waals surface area contributed by atoms with E-state index >= 15 is 0 Å².